The smallest absolute Gasteiger partial charge is 0.264 e. The van der Waals surface area contributed by atoms with Gasteiger partial charge in [0.05, 0.1) is 10.6 Å². The maximum absolute atomic E-state index is 13.9. The first-order valence-electron chi connectivity index (χ1n) is 12.9. The second kappa shape index (κ2) is 13.1. The number of hydrogen-bond acceptors (Lipinski definition) is 4. The summed E-state index contributed by atoms with van der Waals surface area (Å²) in [5, 5.41) is 3.20. The third-order valence-corrected chi connectivity index (χ3v) is 8.42. The number of aryl methyl sites for hydroxylation is 2. The van der Waals surface area contributed by atoms with Crippen LogP contribution in [-0.4, -0.2) is 50.3 Å². The number of carbonyl (C=O) groups excluding carboxylic acids is 2. The molecular formula is C30H36ClN3O4S. The highest BCUT2D eigenvalue weighted by molar-refractivity contribution is 7.92. The van der Waals surface area contributed by atoms with Gasteiger partial charge >= 0.3 is 0 Å². The zero-order valence-corrected chi connectivity index (χ0v) is 24.6. The van der Waals surface area contributed by atoms with E-state index >= 15 is 0 Å². The van der Waals surface area contributed by atoms with Gasteiger partial charge in [0, 0.05) is 17.6 Å². The summed E-state index contributed by atoms with van der Waals surface area (Å²) < 4.78 is 28.9. The van der Waals surface area contributed by atoms with E-state index in [4.69, 9.17) is 11.6 Å². The molecule has 3 rings (SSSR count). The molecule has 39 heavy (non-hydrogen) atoms. The van der Waals surface area contributed by atoms with Crippen LogP contribution in [0.3, 0.4) is 0 Å². The molecule has 0 heterocycles. The summed E-state index contributed by atoms with van der Waals surface area (Å²) >= 11 is 6.27. The van der Waals surface area contributed by atoms with Crippen LogP contribution in [0.4, 0.5) is 5.69 Å². The average molecular weight is 570 g/mol. The van der Waals surface area contributed by atoms with Gasteiger partial charge in [-0.05, 0) is 76.4 Å². The van der Waals surface area contributed by atoms with Gasteiger partial charge in [-0.1, -0.05) is 65.7 Å². The van der Waals surface area contributed by atoms with Crippen LogP contribution in [0, 0.1) is 13.8 Å². The molecule has 208 valence electrons. The molecule has 0 aliphatic rings. The SMILES string of the molecule is Cc1ccc(S(=O)(=O)N(CC(=O)N(CCc2ccccc2)[C@H](C)C(=O)NC(C)C)c2cc(Cl)ccc2C)cc1. The van der Waals surface area contributed by atoms with Crippen LogP contribution >= 0.6 is 11.6 Å². The molecule has 0 saturated heterocycles. The molecule has 0 spiro atoms. The molecule has 0 fully saturated rings. The number of hydrogen-bond donors (Lipinski definition) is 1. The highest BCUT2D eigenvalue weighted by atomic mass is 35.5. The van der Waals surface area contributed by atoms with Crippen molar-refractivity contribution in [1.82, 2.24) is 10.2 Å². The van der Waals surface area contributed by atoms with Gasteiger partial charge in [-0.3, -0.25) is 13.9 Å². The van der Waals surface area contributed by atoms with Gasteiger partial charge in [-0.2, -0.15) is 0 Å². The predicted octanol–water partition coefficient (Wildman–Crippen LogP) is 5.14. The molecule has 0 saturated carbocycles. The lowest BCUT2D eigenvalue weighted by Crippen LogP contribution is -2.53. The van der Waals surface area contributed by atoms with E-state index in [1.165, 1.54) is 17.0 Å². The van der Waals surface area contributed by atoms with Crippen LogP contribution in [0.2, 0.25) is 5.02 Å². The molecule has 2 amide bonds. The van der Waals surface area contributed by atoms with E-state index in [0.717, 1.165) is 15.4 Å². The van der Waals surface area contributed by atoms with Gasteiger partial charge in [-0.25, -0.2) is 8.42 Å². The van der Waals surface area contributed by atoms with E-state index in [9.17, 15) is 18.0 Å². The van der Waals surface area contributed by atoms with Gasteiger partial charge in [0.25, 0.3) is 10.0 Å². The normalized spacial score (nSPS) is 12.2. The molecule has 0 bridgehead atoms. The molecule has 3 aromatic carbocycles. The number of halogens is 1. The zero-order chi connectivity index (χ0) is 28.7. The quantitative estimate of drug-likeness (QED) is 0.346. The number of rotatable bonds is 11. The molecule has 9 heteroatoms. The highest BCUT2D eigenvalue weighted by Crippen LogP contribution is 2.30. The van der Waals surface area contributed by atoms with Gasteiger partial charge in [0.2, 0.25) is 11.8 Å². The Kier molecular flexibility index (Phi) is 10.2. The third-order valence-electron chi connectivity index (χ3n) is 6.41. The number of anilines is 1. The number of benzene rings is 3. The van der Waals surface area contributed by atoms with Gasteiger partial charge in [-0.15, -0.1) is 0 Å². The van der Waals surface area contributed by atoms with Crippen LogP contribution in [0.15, 0.2) is 77.7 Å². The Morgan fingerprint density at radius 3 is 2.18 bits per heavy atom. The lowest BCUT2D eigenvalue weighted by Gasteiger charge is -2.32. The van der Waals surface area contributed by atoms with Gasteiger partial charge in [0.15, 0.2) is 0 Å². The summed E-state index contributed by atoms with van der Waals surface area (Å²) in [6, 6.07) is 20.1. The minimum Gasteiger partial charge on any atom is -0.352 e. The second-order valence-electron chi connectivity index (χ2n) is 9.92. The molecule has 0 aliphatic carbocycles. The summed E-state index contributed by atoms with van der Waals surface area (Å²) in [4.78, 5) is 28.4. The monoisotopic (exact) mass is 569 g/mol. The third kappa shape index (κ3) is 7.83. The van der Waals surface area contributed by atoms with Crippen molar-refractivity contribution in [2.75, 3.05) is 17.4 Å². The van der Waals surface area contributed by atoms with E-state index in [2.05, 4.69) is 5.32 Å². The fourth-order valence-electron chi connectivity index (χ4n) is 4.18. The maximum Gasteiger partial charge on any atom is 0.264 e. The number of amides is 2. The first-order chi connectivity index (χ1) is 18.4. The van der Waals surface area contributed by atoms with Crippen molar-refractivity contribution in [2.24, 2.45) is 0 Å². The van der Waals surface area contributed by atoms with E-state index in [0.29, 0.717) is 22.7 Å². The molecule has 7 nitrogen and oxygen atoms in total. The molecule has 3 aromatic rings. The molecule has 1 atom stereocenters. The lowest BCUT2D eigenvalue weighted by atomic mass is 10.1. The number of sulfonamides is 1. The van der Waals surface area contributed by atoms with Crippen LogP contribution in [0.5, 0.6) is 0 Å². The van der Waals surface area contributed by atoms with Crippen LogP contribution in [-0.2, 0) is 26.0 Å². The van der Waals surface area contributed by atoms with Crippen molar-refractivity contribution < 1.29 is 18.0 Å². The van der Waals surface area contributed by atoms with Crippen molar-refractivity contribution in [1.29, 1.82) is 0 Å². The standard InChI is InChI=1S/C30H36ClN3O4S/c1-21(2)32-30(36)24(5)33(18-17-25-9-7-6-8-10-25)29(35)20-34(28-19-26(31)14-13-23(28)4)39(37,38)27-15-11-22(3)12-16-27/h6-16,19,21,24H,17-18,20H2,1-5H3,(H,32,36)/t24-/m1/s1. The van der Waals surface area contributed by atoms with E-state index in [-0.39, 0.29) is 23.4 Å². The molecule has 0 aromatic heterocycles. The summed E-state index contributed by atoms with van der Waals surface area (Å²) in [6.45, 7) is 8.72. The number of nitrogens with one attached hydrogen (secondary N) is 1. The molecule has 1 N–H and O–H groups in total. The van der Waals surface area contributed by atoms with E-state index in [1.807, 2.05) is 51.1 Å². The summed E-state index contributed by atoms with van der Waals surface area (Å²) in [5.74, 6) is -0.800. The fraction of sp³-hybridized carbons (Fsp3) is 0.333. The largest absolute Gasteiger partial charge is 0.352 e. The Bertz CT molecular complexity index is 1390. The highest BCUT2D eigenvalue weighted by Gasteiger charge is 2.33. The average Bonchev–Trinajstić information content (AvgIpc) is 2.89. The summed E-state index contributed by atoms with van der Waals surface area (Å²) in [6.07, 6.45) is 0.507. The zero-order valence-electron chi connectivity index (χ0n) is 23.0. The van der Waals surface area contributed by atoms with Crippen molar-refractivity contribution in [3.63, 3.8) is 0 Å². The topological polar surface area (TPSA) is 86.8 Å². The molecular weight excluding hydrogens is 534 g/mol. The first kappa shape index (κ1) is 30.2. The van der Waals surface area contributed by atoms with Gasteiger partial charge < -0.3 is 10.2 Å². The van der Waals surface area contributed by atoms with Crippen molar-refractivity contribution >= 4 is 39.1 Å². The lowest BCUT2D eigenvalue weighted by molar-refractivity contribution is -0.139. The van der Waals surface area contributed by atoms with Gasteiger partial charge in [0.1, 0.15) is 12.6 Å². The predicted molar refractivity (Wildman–Crippen MR) is 156 cm³/mol. The van der Waals surface area contributed by atoms with Crippen molar-refractivity contribution in [2.45, 2.75) is 58.0 Å². The minimum absolute atomic E-state index is 0.0571. The molecule has 0 aliphatic heterocycles. The van der Waals surface area contributed by atoms with Crippen LogP contribution in [0.1, 0.15) is 37.5 Å². The fourth-order valence-corrected chi connectivity index (χ4v) is 5.81. The Balaban J connectivity index is 2.02. The van der Waals surface area contributed by atoms with E-state index < -0.39 is 28.5 Å². The Labute approximate surface area is 236 Å². The van der Waals surface area contributed by atoms with E-state index in [1.54, 1.807) is 44.2 Å². The summed E-state index contributed by atoms with van der Waals surface area (Å²) in [7, 11) is -4.14. The van der Waals surface area contributed by atoms with Crippen molar-refractivity contribution in [3.05, 3.63) is 94.5 Å². The van der Waals surface area contributed by atoms with Crippen LogP contribution in [0.25, 0.3) is 0 Å². The molecule has 0 unspecified atom stereocenters. The van der Waals surface area contributed by atoms with Crippen molar-refractivity contribution in [3.8, 4) is 0 Å². The summed E-state index contributed by atoms with van der Waals surface area (Å²) in [5.41, 5.74) is 2.86. The molecule has 0 radical (unpaired) electrons. The maximum atomic E-state index is 13.9. The minimum atomic E-state index is -4.14. The number of nitrogens with zero attached hydrogens (tertiary/aromatic N) is 2. The number of carbonyl (C=O) groups is 2. The second-order valence-corrected chi connectivity index (χ2v) is 12.2. The Hall–Kier alpha value is -3.36. The first-order valence-corrected chi connectivity index (χ1v) is 14.7. The van der Waals surface area contributed by atoms with Crippen LogP contribution < -0.4 is 9.62 Å². The Morgan fingerprint density at radius 2 is 1.56 bits per heavy atom. The Morgan fingerprint density at radius 1 is 0.923 bits per heavy atom.